The van der Waals surface area contributed by atoms with Gasteiger partial charge in [0.1, 0.15) is 12.3 Å². The number of methoxy groups -OCH3 is 1. The highest BCUT2D eigenvalue weighted by atomic mass is 32.2. The van der Waals surface area contributed by atoms with Crippen molar-refractivity contribution in [1.82, 2.24) is 5.32 Å². The molecule has 2 aromatic carbocycles. The van der Waals surface area contributed by atoms with Gasteiger partial charge in [-0.25, -0.2) is 8.42 Å². The SMILES string of the molecule is COc1ccc([C@H](C)NC(=O)CN(c2ccccc2C(C)C)S(C)(=O)=O)cc1. The molecule has 2 rings (SSSR count). The lowest BCUT2D eigenvalue weighted by atomic mass is 10.0. The molecule has 0 saturated heterocycles. The zero-order valence-corrected chi connectivity index (χ0v) is 17.8. The van der Waals surface area contributed by atoms with Crippen molar-refractivity contribution >= 4 is 21.6 Å². The summed E-state index contributed by atoms with van der Waals surface area (Å²) in [6.07, 6.45) is 1.12. The zero-order valence-electron chi connectivity index (χ0n) is 17.0. The van der Waals surface area contributed by atoms with Crippen LogP contribution in [0.5, 0.6) is 5.75 Å². The van der Waals surface area contributed by atoms with E-state index in [0.29, 0.717) is 5.69 Å². The Morgan fingerprint density at radius 1 is 1.07 bits per heavy atom. The van der Waals surface area contributed by atoms with Crippen LogP contribution >= 0.6 is 0 Å². The van der Waals surface area contributed by atoms with E-state index in [9.17, 15) is 13.2 Å². The number of amides is 1. The topological polar surface area (TPSA) is 75.7 Å². The first-order chi connectivity index (χ1) is 13.1. The van der Waals surface area contributed by atoms with Crippen LogP contribution in [0.15, 0.2) is 48.5 Å². The molecule has 6 nitrogen and oxygen atoms in total. The molecule has 0 unspecified atom stereocenters. The van der Waals surface area contributed by atoms with Gasteiger partial charge in [-0.15, -0.1) is 0 Å². The molecule has 0 aliphatic heterocycles. The second kappa shape index (κ2) is 9.10. The molecule has 0 bridgehead atoms. The van der Waals surface area contributed by atoms with Crippen molar-refractivity contribution in [2.75, 3.05) is 24.2 Å². The molecule has 0 aliphatic carbocycles. The number of hydrogen-bond donors (Lipinski definition) is 1. The van der Waals surface area contributed by atoms with Crippen molar-refractivity contribution in [3.05, 3.63) is 59.7 Å². The number of nitrogens with zero attached hydrogens (tertiary/aromatic N) is 1. The number of para-hydroxylation sites is 1. The summed E-state index contributed by atoms with van der Waals surface area (Å²) >= 11 is 0. The highest BCUT2D eigenvalue weighted by molar-refractivity contribution is 7.92. The molecule has 152 valence electrons. The molecule has 28 heavy (non-hydrogen) atoms. The van der Waals surface area contributed by atoms with Crippen LogP contribution in [0, 0.1) is 0 Å². The average Bonchev–Trinajstić information content (AvgIpc) is 2.65. The summed E-state index contributed by atoms with van der Waals surface area (Å²) in [6, 6.07) is 14.4. The van der Waals surface area contributed by atoms with E-state index < -0.39 is 10.0 Å². The molecule has 0 saturated carbocycles. The lowest BCUT2D eigenvalue weighted by Crippen LogP contribution is -2.41. The third-order valence-electron chi connectivity index (χ3n) is 4.51. The normalized spacial score (nSPS) is 12.5. The Hall–Kier alpha value is -2.54. The monoisotopic (exact) mass is 404 g/mol. The standard InChI is InChI=1S/C21H28N2O4S/c1-15(2)19-8-6-7-9-20(19)23(28(5,25)26)14-21(24)22-16(3)17-10-12-18(27-4)13-11-17/h6-13,15-16H,14H2,1-5H3,(H,22,24)/t16-/m0/s1. The summed E-state index contributed by atoms with van der Waals surface area (Å²) in [5.41, 5.74) is 2.32. The number of nitrogens with one attached hydrogen (secondary N) is 1. The van der Waals surface area contributed by atoms with E-state index in [0.717, 1.165) is 23.1 Å². The minimum atomic E-state index is -3.62. The van der Waals surface area contributed by atoms with Crippen LogP contribution in [-0.4, -0.2) is 34.2 Å². The predicted molar refractivity (Wildman–Crippen MR) is 112 cm³/mol. The van der Waals surface area contributed by atoms with Gasteiger partial charge < -0.3 is 10.1 Å². The fourth-order valence-corrected chi connectivity index (χ4v) is 3.85. The number of benzene rings is 2. The lowest BCUT2D eigenvalue weighted by molar-refractivity contribution is -0.120. The molecular weight excluding hydrogens is 376 g/mol. The van der Waals surface area contributed by atoms with Crippen molar-refractivity contribution < 1.29 is 17.9 Å². The maximum atomic E-state index is 12.6. The van der Waals surface area contributed by atoms with Crippen LogP contribution < -0.4 is 14.4 Å². The van der Waals surface area contributed by atoms with Crippen LogP contribution in [0.3, 0.4) is 0 Å². The molecular formula is C21H28N2O4S. The molecule has 0 aliphatic rings. The van der Waals surface area contributed by atoms with E-state index in [1.807, 2.05) is 57.2 Å². The number of hydrogen-bond acceptors (Lipinski definition) is 4. The summed E-state index contributed by atoms with van der Waals surface area (Å²) in [4.78, 5) is 12.6. The van der Waals surface area contributed by atoms with Gasteiger partial charge in [0, 0.05) is 0 Å². The smallest absolute Gasteiger partial charge is 0.241 e. The third kappa shape index (κ3) is 5.48. The van der Waals surface area contributed by atoms with Crippen LogP contribution in [0.4, 0.5) is 5.69 Å². The van der Waals surface area contributed by atoms with E-state index in [4.69, 9.17) is 4.74 Å². The Morgan fingerprint density at radius 3 is 2.21 bits per heavy atom. The van der Waals surface area contributed by atoms with Gasteiger partial charge in [0.2, 0.25) is 15.9 Å². The molecule has 1 atom stereocenters. The summed E-state index contributed by atoms with van der Waals surface area (Å²) in [6.45, 7) is 5.56. The second-order valence-corrected chi connectivity index (χ2v) is 8.95. The van der Waals surface area contributed by atoms with E-state index in [1.54, 1.807) is 19.2 Å². The molecule has 0 radical (unpaired) electrons. The number of carbonyl (C=O) groups is 1. The quantitative estimate of drug-likeness (QED) is 0.731. The maximum absolute atomic E-state index is 12.6. The van der Waals surface area contributed by atoms with Crippen molar-refractivity contribution in [3.63, 3.8) is 0 Å². The summed E-state index contributed by atoms with van der Waals surface area (Å²) in [5.74, 6) is 0.491. The highest BCUT2D eigenvalue weighted by Gasteiger charge is 2.24. The number of anilines is 1. The first-order valence-corrected chi connectivity index (χ1v) is 11.0. The number of rotatable bonds is 8. The predicted octanol–water partition coefficient (Wildman–Crippen LogP) is 3.46. The molecule has 0 spiro atoms. The van der Waals surface area contributed by atoms with Gasteiger partial charge in [0.25, 0.3) is 0 Å². The van der Waals surface area contributed by atoms with Crippen LogP contribution in [-0.2, 0) is 14.8 Å². The van der Waals surface area contributed by atoms with E-state index in [1.165, 1.54) is 4.31 Å². The fourth-order valence-electron chi connectivity index (χ4n) is 2.98. The van der Waals surface area contributed by atoms with Crippen molar-refractivity contribution in [2.45, 2.75) is 32.7 Å². The third-order valence-corrected chi connectivity index (χ3v) is 5.63. The maximum Gasteiger partial charge on any atom is 0.241 e. The average molecular weight is 405 g/mol. The van der Waals surface area contributed by atoms with Crippen molar-refractivity contribution in [2.24, 2.45) is 0 Å². The molecule has 0 fully saturated rings. The number of carbonyl (C=O) groups excluding carboxylic acids is 1. The van der Waals surface area contributed by atoms with E-state index in [-0.39, 0.29) is 24.4 Å². The molecule has 1 amide bonds. The molecule has 1 N–H and O–H groups in total. The Kier molecular flexibility index (Phi) is 7.07. The van der Waals surface area contributed by atoms with Gasteiger partial charge in [0.05, 0.1) is 25.1 Å². The number of ether oxygens (including phenoxy) is 1. The van der Waals surface area contributed by atoms with Crippen LogP contribution in [0.1, 0.15) is 43.9 Å². The summed E-state index contributed by atoms with van der Waals surface area (Å²) < 4.78 is 31.1. The fraction of sp³-hybridized carbons (Fsp3) is 0.381. The Bertz CT molecular complexity index is 908. The van der Waals surface area contributed by atoms with Gasteiger partial charge in [0.15, 0.2) is 0 Å². The lowest BCUT2D eigenvalue weighted by Gasteiger charge is -2.26. The minimum absolute atomic E-state index is 0.127. The molecule has 0 aromatic heterocycles. The van der Waals surface area contributed by atoms with E-state index >= 15 is 0 Å². The van der Waals surface area contributed by atoms with Gasteiger partial charge in [-0.2, -0.15) is 0 Å². The van der Waals surface area contributed by atoms with E-state index in [2.05, 4.69) is 5.32 Å². The van der Waals surface area contributed by atoms with Gasteiger partial charge >= 0.3 is 0 Å². The van der Waals surface area contributed by atoms with Gasteiger partial charge in [-0.05, 0) is 42.2 Å². The van der Waals surface area contributed by atoms with Gasteiger partial charge in [-0.1, -0.05) is 44.2 Å². The largest absolute Gasteiger partial charge is 0.497 e. The summed E-state index contributed by atoms with van der Waals surface area (Å²) in [7, 11) is -2.03. The first-order valence-electron chi connectivity index (χ1n) is 9.13. The minimum Gasteiger partial charge on any atom is -0.497 e. The molecule has 7 heteroatoms. The second-order valence-electron chi connectivity index (χ2n) is 7.05. The first kappa shape index (κ1) is 21.8. The van der Waals surface area contributed by atoms with Gasteiger partial charge in [-0.3, -0.25) is 9.10 Å². The molecule has 0 heterocycles. The highest BCUT2D eigenvalue weighted by Crippen LogP contribution is 2.29. The Morgan fingerprint density at radius 2 is 1.68 bits per heavy atom. The van der Waals surface area contributed by atoms with Crippen LogP contribution in [0.25, 0.3) is 0 Å². The zero-order chi connectivity index (χ0) is 20.9. The Balaban J connectivity index is 2.20. The summed E-state index contributed by atoms with van der Waals surface area (Å²) in [5, 5.41) is 2.87. The van der Waals surface area contributed by atoms with Crippen molar-refractivity contribution in [3.8, 4) is 5.75 Å². The number of sulfonamides is 1. The van der Waals surface area contributed by atoms with Crippen LogP contribution in [0.2, 0.25) is 0 Å². The Labute approximate surface area is 167 Å². The molecule has 2 aromatic rings. The van der Waals surface area contributed by atoms with Crippen molar-refractivity contribution in [1.29, 1.82) is 0 Å².